The molecule has 21 heavy (non-hydrogen) atoms. The summed E-state index contributed by atoms with van der Waals surface area (Å²) in [5, 5.41) is 6.94. The largest absolute Gasteiger partial charge is 0.497 e. The van der Waals surface area contributed by atoms with E-state index in [4.69, 9.17) is 26.4 Å². The van der Waals surface area contributed by atoms with Crippen molar-refractivity contribution in [3.63, 3.8) is 0 Å². The Kier molecular flexibility index (Phi) is 8.54. The van der Waals surface area contributed by atoms with Crippen molar-refractivity contribution in [3.8, 4) is 11.5 Å². The Labute approximate surface area is 132 Å². The summed E-state index contributed by atoms with van der Waals surface area (Å²) >= 11 is 5.23. The third-order valence-electron chi connectivity index (χ3n) is 2.89. The van der Waals surface area contributed by atoms with Crippen LogP contribution in [0.25, 0.3) is 0 Å². The zero-order valence-corrected chi connectivity index (χ0v) is 13.7. The van der Waals surface area contributed by atoms with Gasteiger partial charge in [0.05, 0.1) is 14.2 Å². The van der Waals surface area contributed by atoms with E-state index in [0.717, 1.165) is 43.2 Å². The number of rotatable bonds is 9. The lowest BCUT2D eigenvalue weighted by Crippen LogP contribution is -2.35. The molecule has 1 aromatic carbocycles. The highest BCUT2D eigenvalue weighted by Crippen LogP contribution is 2.24. The van der Waals surface area contributed by atoms with E-state index in [-0.39, 0.29) is 0 Å². The molecule has 0 amide bonds. The maximum absolute atomic E-state index is 5.35. The summed E-state index contributed by atoms with van der Waals surface area (Å²) in [6.07, 6.45) is 0.932. The van der Waals surface area contributed by atoms with E-state index in [1.165, 1.54) is 0 Å². The molecule has 6 heteroatoms. The van der Waals surface area contributed by atoms with E-state index < -0.39 is 0 Å². The minimum Gasteiger partial charge on any atom is -0.497 e. The highest BCUT2D eigenvalue weighted by Gasteiger charge is 2.05. The Morgan fingerprint density at radius 2 is 2.00 bits per heavy atom. The van der Waals surface area contributed by atoms with Crippen molar-refractivity contribution in [2.45, 2.75) is 19.9 Å². The summed E-state index contributed by atoms with van der Waals surface area (Å²) in [4.78, 5) is 0. The van der Waals surface area contributed by atoms with Crippen molar-refractivity contribution in [2.24, 2.45) is 0 Å². The normalized spacial score (nSPS) is 10.0. The monoisotopic (exact) mass is 312 g/mol. The van der Waals surface area contributed by atoms with Gasteiger partial charge in [0, 0.05) is 37.9 Å². The molecule has 0 bridgehead atoms. The van der Waals surface area contributed by atoms with Gasteiger partial charge in [0.25, 0.3) is 0 Å². The van der Waals surface area contributed by atoms with Gasteiger partial charge in [-0.25, -0.2) is 0 Å². The van der Waals surface area contributed by atoms with Crippen molar-refractivity contribution in [3.05, 3.63) is 23.8 Å². The highest BCUT2D eigenvalue weighted by atomic mass is 32.1. The van der Waals surface area contributed by atoms with Gasteiger partial charge in [0.1, 0.15) is 11.5 Å². The second-order valence-electron chi connectivity index (χ2n) is 4.34. The first-order chi connectivity index (χ1) is 10.2. The van der Waals surface area contributed by atoms with Crippen molar-refractivity contribution in [1.29, 1.82) is 0 Å². The highest BCUT2D eigenvalue weighted by molar-refractivity contribution is 7.80. The number of hydrogen-bond acceptors (Lipinski definition) is 4. The number of methoxy groups -OCH3 is 2. The standard InChI is InChI=1S/C15H24N2O3S/c1-4-20-9-5-8-16-15(21)17-11-12-6-7-13(18-2)10-14(12)19-3/h6-7,10H,4-5,8-9,11H2,1-3H3,(H2,16,17,21). The molecule has 118 valence electrons. The van der Waals surface area contributed by atoms with Gasteiger partial charge in [0.2, 0.25) is 0 Å². The lowest BCUT2D eigenvalue weighted by Gasteiger charge is -2.13. The van der Waals surface area contributed by atoms with Crippen molar-refractivity contribution < 1.29 is 14.2 Å². The fourth-order valence-corrected chi connectivity index (χ4v) is 1.93. The fourth-order valence-electron chi connectivity index (χ4n) is 1.76. The van der Waals surface area contributed by atoms with Gasteiger partial charge in [0.15, 0.2) is 5.11 Å². The molecule has 0 atom stereocenters. The van der Waals surface area contributed by atoms with Gasteiger partial charge in [-0.05, 0) is 37.7 Å². The first kappa shape index (κ1) is 17.5. The molecule has 0 heterocycles. The maximum atomic E-state index is 5.35. The topological polar surface area (TPSA) is 51.8 Å². The van der Waals surface area contributed by atoms with Crippen molar-refractivity contribution >= 4 is 17.3 Å². The average molecular weight is 312 g/mol. The second kappa shape index (κ2) is 10.2. The molecule has 0 spiro atoms. The number of nitrogens with one attached hydrogen (secondary N) is 2. The molecule has 0 fully saturated rings. The number of benzene rings is 1. The zero-order chi connectivity index (χ0) is 15.5. The summed E-state index contributed by atoms with van der Waals surface area (Å²) < 4.78 is 15.8. The maximum Gasteiger partial charge on any atom is 0.166 e. The lowest BCUT2D eigenvalue weighted by atomic mass is 10.2. The number of ether oxygens (including phenoxy) is 3. The summed E-state index contributed by atoms with van der Waals surface area (Å²) in [6.45, 7) is 4.89. The van der Waals surface area contributed by atoms with Gasteiger partial charge in [-0.1, -0.05) is 0 Å². The van der Waals surface area contributed by atoms with E-state index in [2.05, 4.69) is 10.6 Å². The van der Waals surface area contributed by atoms with Gasteiger partial charge >= 0.3 is 0 Å². The average Bonchev–Trinajstić information content (AvgIpc) is 2.52. The summed E-state index contributed by atoms with van der Waals surface area (Å²) in [7, 11) is 3.27. The molecule has 0 saturated heterocycles. The molecule has 0 aliphatic rings. The van der Waals surface area contributed by atoms with E-state index in [9.17, 15) is 0 Å². The Balaban J connectivity index is 2.35. The molecule has 2 N–H and O–H groups in total. The molecule has 0 radical (unpaired) electrons. The first-order valence-corrected chi connectivity index (χ1v) is 7.42. The Bertz CT molecular complexity index is 441. The predicted molar refractivity (Wildman–Crippen MR) is 88.1 cm³/mol. The minimum absolute atomic E-state index is 0.602. The predicted octanol–water partition coefficient (Wildman–Crippen LogP) is 2.09. The molecule has 0 aromatic heterocycles. The molecule has 0 unspecified atom stereocenters. The van der Waals surface area contributed by atoms with Crippen LogP contribution in [0.4, 0.5) is 0 Å². The van der Waals surface area contributed by atoms with E-state index in [0.29, 0.717) is 11.7 Å². The van der Waals surface area contributed by atoms with Crippen LogP contribution in [0.1, 0.15) is 18.9 Å². The van der Waals surface area contributed by atoms with Crippen LogP contribution in [0.3, 0.4) is 0 Å². The molecular formula is C15H24N2O3S. The molecule has 0 saturated carbocycles. The third-order valence-corrected chi connectivity index (χ3v) is 3.18. The van der Waals surface area contributed by atoms with E-state index >= 15 is 0 Å². The van der Waals surface area contributed by atoms with Gasteiger partial charge in [-0.3, -0.25) is 0 Å². The van der Waals surface area contributed by atoms with Crippen LogP contribution >= 0.6 is 12.2 Å². The molecule has 5 nitrogen and oxygen atoms in total. The number of thiocarbonyl (C=S) groups is 1. The van der Waals surface area contributed by atoms with Gasteiger partial charge < -0.3 is 24.8 Å². The number of hydrogen-bond donors (Lipinski definition) is 2. The SMILES string of the molecule is CCOCCCNC(=S)NCc1ccc(OC)cc1OC. The van der Waals surface area contributed by atoms with Crippen LogP contribution in [0.5, 0.6) is 11.5 Å². The third kappa shape index (κ3) is 6.64. The van der Waals surface area contributed by atoms with Crippen LogP contribution in [0, 0.1) is 0 Å². The van der Waals surface area contributed by atoms with E-state index in [1.54, 1.807) is 14.2 Å². The summed E-state index contributed by atoms with van der Waals surface area (Å²) in [6, 6.07) is 5.72. The molecule has 0 aliphatic carbocycles. The minimum atomic E-state index is 0.602. The smallest absolute Gasteiger partial charge is 0.166 e. The Morgan fingerprint density at radius 1 is 1.19 bits per heavy atom. The zero-order valence-electron chi connectivity index (χ0n) is 12.9. The molecule has 0 aliphatic heterocycles. The van der Waals surface area contributed by atoms with Gasteiger partial charge in [-0.2, -0.15) is 0 Å². The first-order valence-electron chi connectivity index (χ1n) is 7.01. The van der Waals surface area contributed by atoms with E-state index in [1.807, 2.05) is 25.1 Å². The quantitative estimate of drug-likeness (QED) is 0.538. The lowest BCUT2D eigenvalue weighted by molar-refractivity contribution is 0.145. The molecule has 1 aromatic rings. The van der Waals surface area contributed by atoms with Crippen LogP contribution < -0.4 is 20.1 Å². The Morgan fingerprint density at radius 3 is 2.67 bits per heavy atom. The van der Waals surface area contributed by atoms with Crippen LogP contribution in [-0.2, 0) is 11.3 Å². The second-order valence-corrected chi connectivity index (χ2v) is 4.75. The van der Waals surface area contributed by atoms with Gasteiger partial charge in [-0.15, -0.1) is 0 Å². The summed E-state index contributed by atoms with van der Waals surface area (Å²) in [5.41, 5.74) is 1.02. The van der Waals surface area contributed by atoms with Crippen LogP contribution in [0.15, 0.2) is 18.2 Å². The molecular weight excluding hydrogens is 288 g/mol. The van der Waals surface area contributed by atoms with Crippen LogP contribution in [0.2, 0.25) is 0 Å². The fraction of sp³-hybridized carbons (Fsp3) is 0.533. The summed E-state index contributed by atoms with van der Waals surface area (Å²) in [5.74, 6) is 1.55. The Hall–Kier alpha value is -1.53. The molecule has 1 rings (SSSR count). The van der Waals surface area contributed by atoms with Crippen molar-refractivity contribution in [2.75, 3.05) is 34.0 Å². The van der Waals surface area contributed by atoms with Crippen LogP contribution in [-0.4, -0.2) is 39.1 Å². The van der Waals surface area contributed by atoms with Crippen molar-refractivity contribution in [1.82, 2.24) is 10.6 Å².